The maximum Gasteiger partial charge on any atom is 0.00299 e. The molecule has 2 aromatic carbocycles. The van der Waals surface area contributed by atoms with Gasteiger partial charge in [-0.1, -0.05) is 61.4 Å². The van der Waals surface area contributed by atoms with Crippen molar-refractivity contribution in [2.45, 2.75) is 65.2 Å². The highest BCUT2D eigenvalue weighted by molar-refractivity contribution is 5.68. The summed E-state index contributed by atoms with van der Waals surface area (Å²) in [5, 5.41) is 0. The lowest BCUT2D eigenvalue weighted by Crippen LogP contribution is -2.00. The third-order valence-corrected chi connectivity index (χ3v) is 6.46. The molecule has 0 heteroatoms. The molecule has 134 valence electrons. The van der Waals surface area contributed by atoms with Gasteiger partial charge in [0.05, 0.1) is 0 Å². The topological polar surface area (TPSA) is 0 Å². The van der Waals surface area contributed by atoms with Gasteiger partial charge in [0.15, 0.2) is 0 Å². The van der Waals surface area contributed by atoms with Gasteiger partial charge in [0.1, 0.15) is 0 Å². The van der Waals surface area contributed by atoms with Crippen molar-refractivity contribution >= 4 is 12.2 Å². The number of unbranched alkanes of at least 4 members (excludes halogenated alkanes) is 1. The standard InChI is InChI=1S/C26H30/c1-17-9-11-19(3)25-21(13-15-23(17)25)7-5-6-8-22-14-16-24-18(2)10-12-20(4)26(22)24/h9-16,21-22H,5-8H2,1-4H3. The van der Waals surface area contributed by atoms with Crippen LogP contribution in [0.4, 0.5) is 0 Å². The third-order valence-electron chi connectivity index (χ3n) is 6.46. The van der Waals surface area contributed by atoms with Crippen molar-refractivity contribution in [1.82, 2.24) is 0 Å². The van der Waals surface area contributed by atoms with Crippen LogP contribution in [0.3, 0.4) is 0 Å². The second-order valence-corrected chi connectivity index (χ2v) is 8.27. The Balaban J connectivity index is 1.37. The molecule has 0 saturated carbocycles. The predicted octanol–water partition coefficient (Wildman–Crippen LogP) is 7.40. The maximum atomic E-state index is 2.43. The van der Waals surface area contributed by atoms with Crippen LogP contribution in [0.2, 0.25) is 0 Å². The Morgan fingerprint density at radius 1 is 0.577 bits per heavy atom. The number of hydrogen-bond donors (Lipinski definition) is 0. The van der Waals surface area contributed by atoms with E-state index in [1.165, 1.54) is 59.1 Å². The summed E-state index contributed by atoms with van der Waals surface area (Å²) in [7, 11) is 0. The molecule has 0 nitrogen and oxygen atoms in total. The molecule has 0 fully saturated rings. The number of allylic oxidation sites excluding steroid dienone is 2. The molecule has 2 aliphatic rings. The Bertz CT molecular complexity index is 819. The van der Waals surface area contributed by atoms with Gasteiger partial charge in [0.2, 0.25) is 0 Å². The van der Waals surface area contributed by atoms with Crippen molar-refractivity contribution in [3.8, 4) is 0 Å². The molecular weight excluding hydrogens is 312 g/mol. The third kappa shape index (κ3) is 2.96. The van der Waals surface area contributed by atoms with E-state index < -0.39 is 0 Å². The molecule has 0 spiro atoms. The van der Waals surface area contributed by atoms with Gasteiger partial charge in [-0.25, -0.2) is 0 Å². The second-order valence-electron chi connectivity index (χ2n) is 8.27. The van der Waals surface area contributed by atoms with Gasteiger partial charge in [-0.2, -0.15) is 0 Å². The molecule has 0 N–H and O–H groups in total. The molecule has 4 rings (SSSR count). The summed E-state index contributed by atoms with van der Waals surface area (Å²) in [4.78, 5) is 0. The van der Waals surface area contributed by atoms with Crippen LogP contribution in [0, 0.1) is 27.7 Å². The Kier molecular flexibility index (Phi) is 4.61. The first kappa shape index (κ1) is 17.3. The first-order valence-corrected chi connectivity index (χ1v) is 10.1. The average Bonchev–Trinajstić information content (AvgIpc) is 3.24. The first-order chi connectivity index (χ1) is 12.6. The van der Waals surface area contributed by atoms with Gasteiger partial charge in [-0.15, -0.1) is 0 Å². The van der Waals surface area contributed by atoms with E-state index in [-0.39, 0.29) is 0 Å². The highest BCUT2D eigenvalue weighted by Crippen LogP contribution is 2.40. The molecule has 2 unspecified atom stereocenters. The van der Waals surface area contributed by atoms with E-state index in [1.54, 1.807) is 11.1 Å². The van der Waals surface area contributed by atoms with E-state index in [9.17, 15) is 0 Å². The highest BCUT2D eigenvalue weighted by atomic mass is 14.3. The van der Waals surface area contributed by atoms with Crippen molar-refractivity contribution in [3.05, 3.63) is 80.9 Å². The second kappa shape index (κ2) is 6.91. The number of benzene rings is 2. The molecule has 2 aliphatic carbocycles. The van der Waals surface area contributed by atoms with Crippen LogP contribution >= 0.6 is 0 Å². The van der Waals surface area contributed by atoms with E-state index in [0.29, 0.717) is 11.8 Å². The van der Waals surface area contributed by atoms with Crippen molar-refractivity contribution in [1.29, 1.82) is 0 Å². The number of aryl methyl sites for hydroxylation is 4. The van der Waals surface area contributed by atoms with E-state index >= 15 is 0 Å². The van der Waals surface area contributed by atoms with E-state index in [4.69, 9.17) is 0 Å². The van der Waals surface area contributed by atoms with Gasteiger partial charge < -0.3 is 0 Å². The molecule has 0 aliphatic heterocycles. The zero-order chi connectivity index (χ0) is 18.3. The van der Waals surface area contributed by atoms with Crippen molar-refractivity contribution < 1.29 is 0 Å². The Morgan fingerprint density at radius 3 is 1.38 bits per heavy atom. The zero-order valence-electron chi connectivity index (χ0n) is 16.6. The summed E-state index contributed by atoms with van der Waals surface area (Å²) in [5.74, 6) is 1.25. The predicted molar refractivity (Wildman–Crippen MR) is 114 cm³/mol. The Morgan fingerprint density at radius 2 is 0.962 bits per heavy atom. The molecule has 0 bridgehead atoms. The molecule has 0 aromatic heterocycles. The fourth-order valence-corrected chi connectivity index (χ4v) is 4.96. The van der Waals surface area contributed by atoms with Crippen molar-refractivity contribution in [2.75, 3.05) is 0 Å². The summed E-state index contributed by atoms with van der Waals surface area (Å²) < 4.78 is 0. The smallest absolute Gasteiger partial charge is 0.00299 e. The largest absolute Gasteiger partial charge is 0.0764 e. The lowest BCUT2D eigenvalue weighted by atomic mass is 9.87. The normalized spacial score (nSPS) is 19.8. The summed E-state index contributed by atoms with van der Waals surface area (Å²) >= 11 is 0. The average molecular weight is 343 g/mol. The number of rotatable bonds is 5. The summed E-state index contributed by atoms with van der Waals surface area (Å²) in [6, 6.07) is 9.10. The van der Waals surface area contributed by atoms with Crippen LogP contribution in [-0.4, -0.2) is 0 Å². The monoisotopic (exact) mass is 342 g/mol. The first-order valence-electron chi connectivity index (χ1n) is 10.1. The van der Waals surface area contributed by atoms with Gasteiger partial charge in [-0.3, -0.25) is 0 Å². The fourth-order valence-electron chi connectivity index (χ4n) is 4.96. The van der Waals surface area contributed by atoms with E-state index in [0.717, 1.165) is 0 Å². The minimum atomic E-state index is 0.625. The lowest BCUT2D eigenvalue weighted by molar-refractivity contribution is 0.590. The van der Waals surface area contributed by atoms with Crippen LogP contribution in [0.1, 0.15) is 82.0 Å². The molecule has 0 heterocycles. The van der Waals surface area contributed by atoms with Gasteiger partial charge >= 0.3 is 0 Å². The van der Waals surface area contributed by atoms with Crippen molar-refractivity contribution in [2.24, 2.45) is 0 Å². The minimum absolute atomic E-state index is 0.625. The lowest BCUT2D eigenvalue weighted by Gasteiger charge is -2.17. The van der Waals surface area contributed by atoms with Crippen LogP contribution in [0.5, 0.6) is 0 Å². The Labute approximate surface area is 158 Å². The number of hydrogen-bond acceptors (Lipinski definition) is 0. The Hall–Kier alpha value is -2.08. The van der Waals surface area contributed by atoms with Gasteiger partial charge in [0, 0.05) is 11.8 Å². The molecular formula is C26H30. The zero-order valence-corrected chi connectivity index (χ0v) is 16.6. The van der Waals surface area contributed by atoms with Crippen LogP contribution in [0.25, 0.3) is 12.2 Å². The van der Waals surface area contributed by atoms with E-state index in [1.807, 2.05) is 0 Å². The summed E-state index contributed by atoms with van der Waals surface area (Å²) in [6.07, 6.45) is 14.8. The maximum absolute atomic E-state index is 2.43. The minimum Gasteiger partial charge on any atom is -0.0764 e. The van der Waals surface area contributed by atoms with Crippen LogP contribution < -0.4 is 0 Å². The SMILES string of the molecule is Cc1ccc(C)c2c1C=CC2CCCCC1C=Cc2c(C)ccc(C)c21. The highest BCUT2D eigenvalue weighted by Gasteiger charge is 2.22. The number of fused-ring (bicyclic) bond motifs is 2. The molecule has 0 radical (unpaired) electrons. The molecule has 2 atom stereocenters. The summed E-state index contributed by atoms with van der Waals surface area (Å²) in [5.41, 5.74) is 11.9. The van der Waals surface area contributed by atoms with Crippen LogP contribution in [-0.2, 0) is 0 Å². The summed E-state index contributed by atoms with van der Waals surface area (Å²) in [6.45, 7) is 9.01. The van der Waals surface area contributed by atoms with Crippen molar-refractivity contribution in [3.63, 3.8) is 0 Å². The van der Waals surface area contributed by atoms with Crippen LogP contribution in [0.15, 0.2) is 36.4 Å². The fraction of sp³-hybridized carbons (Fsp3) is 0.385. The van der Waals surface area contributed by atoms with Gasteiger partial charge in [0.25, 0.3) is 0 Å². The molecule has 0 amide bonds. The quantitative estimate of drug-likeness (QED) is 0.496. The van der Waals surface area contributed by atoms with E-state index in [2.05, 4.69) is 76.3 Å². The molecule has 2 aromatic rings. The molecule has 0 saturated heterocycles. The molecule has 26 heavy (non-hydrogen) atoms. The van der Waals surface area contributed by atoms with Gasteiger partial charge in [-0.05, 0) is 85.0 Å².